The smallest absolute Gasteiger partial charge is 0.309 e. The average molecular weight is 252 g/mol. The Kier molecular flexibility index (Phi) is 4.73. The van der Waals surface area contributed by atoms with E-state index >= 15 is 0 Å². The van der Waals surface area contributed by atoms with E-state index in [9.17, 15) is 15.0 Å². The van der Waals surface area contributed by atoms with Crippen LogP contribution in [0.5, 0.6) is 5.75 Å². The molecule has 0 saturated carbocycles. The van der Waals surface area contributed by atoms with E-state index in [1.807, 2.05) is 6.92 Å². The van der Waals surface area contributed by atoms with Crippen molar-refractivity contribution in [1.29, 1.82) is 0 Å². The molecule has 2 unspecified atom stereocenters. The van der Waals surface area contributed by atoms with E-state index in [0.29, 0.717) is 24.2 Å². The van der Waals surface area contributed by atoms with Gasteiger partial charge in [-0.3, -0.25) is 4.79 Å². The molecule has 100 valence electrons. The van der Waals surface area contributed by atoms with Crippen molar-refractivity contribution in [3.05, 3.63) is 29.8 Å². The molecule has 0 heterocycles. The predicted molar refractivity (Wildman–Crippen MR) is 68.6 cm³/mol. The molecular formula is C14H20O4. The lowest BCUT2D eigenvalue weighted by atomic mass is 9.80. The van der Waals surface area contributed by atoms with Crippen molar-refractivity contribution in [3.8, 4) is 5.75 Å². The van der Waals surface area contributed by atoms with E-state index in [2.05, 4.69) is 0 Å². The summed E-state index contributed by atoms with van der Waals surface area (Å²) in [5.41, 5.74) is -0.942. The highest BCUT2D eigenvalue weighted by Gasteiger charge is 2.40. The largest absolute Gasteiger partial charge is 0.496 e. The molecule has 0 amide bonds. The highest BCUT2D eigenvalue weighted by atomic mass is 16.5. The Bertz CT molecular complexity index is 412. The van der Waals surface area contributed by atoms with Crippen LogP contribution in [0.3, 0.4) is 0 Å². The number of para-hydroxylation sites is 1. The van der Waals surface area contributed by atoms with Crippen LogP contribution in [0.2, 0.25) is 0 Å². The molecule has 2 atom stereocenters. The Balaban J connectivity index is 3.20. The Morgan fingerprint density at radius 1 is 1.44 bits per heavy atom. The Hall–Kier alpha value is -1.55. The molecule has 4 nitrogen and oxygen atoms in total. The maximum atomic E-state index is 11.3. The van der Waals surface area contributed by atoms with E-state index in [1.165, 1.54) is 14.0 Å². The highest BCUT2D eigenvalue weighted by Crippen LogP contribution is 2.37. The Labute approximate surface area is 107 Å². The molecule has 0 aliphatic rings. The number of ether oxygens (including phenoxy) is 1. The van der Waals surface area contributed by atoms with E-state index in [0.717, 1.165) is 0 Å². The fourth-order valence-corrected chi connectivity index (χ4v) is 2.18. The molecule has 0 saturated heterocycles. The van der Waals surface area contributed by atoms with Gasteiger partial charge in [0.1, 0.15) is 11.4 Å². The zero-order valence-corrected chi connectivity index (χ0v) is 11.0. The number of carbonyl (C=O) groups is 1. The van der Waals surface area contributed by atoms with E-state index in [-0.39, 0.29) is 0 Å². The number of methoxy groups -OCH3 is 1. The van der Waals surface area contributed by atoms with Gasteiger partial charge in [0.25, 0.3) is 0 Å². The number of rotatable bonds is 6. The number of carboxylic acids is 1. The summed E-state index contributed by atoms with van der Waals surface area (Å²) in [6, 6.07) is 6.96. The van der Waals surface area contributed by atoms with Crippen LogP contribution in [0, 0.1) is 5.92 Å². The van der Waals surface area contributed by atoms with Gasteiger partial charge in [0, 0.05) is 5.56 Å². The lowest BCUT2D eigenvalue weighted by Gasteiger charge is -2.31. The lowest BCUT2D eigenvalue weighted by molar-refractivity contribution is -0.152. The van der Waals surface area contributed by atoms with Crippen LogP contribution in [0.4, 0.5) is 0 Å². The van der Waals surface area contributed by atoms with Crippen molar-refractivity contribution in [1.82, 2.24) is 0 Å². The van der Waals surface area contributed by atoms with E-state index < -0.39 is 17.5 Å². The van der Waals surface area contributed by atoms with Crippen LogP contribution < -0.4 is 4.74 Å². The fourth-order valence-electron chi connectivity index (χ4n) is 2.18. The minimum atomic E-state index is -1.45. The maximum absolute atomic E-state index is 11.3. The standard InChI is InChI=1S/C14H20O4/c1-4-7-11(13(15)16)14(2,17)10-8-5-6-9-12(10)18-3/h5-6,8-9,11,17H,4,7H2,1-3H3,(H,15,16). The third kappa shape index (κ3) is 2.82. The van der Waals surface area contributed by atoms with Crippen LogP contribution in [0.15, 0.2) is 24.3 Å². The Morgan fingerprint density at radius 2 is 2.06 bits per heavy atom. The molecule has 2 N–H and O–H groups in total. The number of benzene rings is 1. The molecule has 1 aromatic rings. The van der Waals surface area contributed by atoms with Crippen LogP contribution >= 0.6 is 0 Å². The van der Waals surface area contributed by atoms with Crippen LogP contribution in [0.25, 0.3) is 0 Å². The maximum Gasteiger partial charge on any atom is 0.309 e. The summed E-state index contributed by atoms with van der Waals surface area (Å²) < 4.78 is 5.19. The van der Waals surface area contributed by atoms with Crippen molar-refractivity contribution in [2.45, 2.75) is 32.3 Å². The van der Waals surface area contributed by atoms with Gasteiger partial charge in [-0.2, -0.15) is 0 Å². The van der Waals surface area contributed by atoms with E-state index in [1.54, 1.807) is 24.3 Å². The minimum Gasteiger partial charge on any atom is -0.496 e. The molecule has 0 radical (unpaired) electrons. The van der Waals surface area contributed by atoms with Crippen molar-refractivity contribution in [3.63, 3.8) is 0 Å². The highest BCUT2D eigenvalue weighted by molar-refractivity contribution is 5.72. The van der Waals surface area contributed by atoms with Gasteiger partial charge in [-0.25, -0.2) is 0 Å². The molecule has 0 aliphatic carbocycles. The van der Waals surface area contributed by atoms with Gasteiger partial charge in [-0.15, -0.1) is 0 Å². The van der Waals surface area contributed by atoms with Crippen molar-refractivity contribution in [2.24, 2.45) is 5.92 Å². The molecule has 18 heavy (non-hydrogen) atoms. The molecule has 1 aromatic carbocycles. The molecule has 4 heteroatoms. The number of hydrogen-bond donors (Lipinski definition) is 2. The summed E-state index contributed by atoms with van der Waals surface area (Å²) in [7, 11) is 1.50. The third-order valence-electron chi connectivity index (χ3n) is 3.21. The predicted octanol–water partition coefficient (Wildman–Crippen LogP) is 2.40. The molecule has 0 bridgehead atoms. The second-order valence-electron chi connectivity index (χ2n) is 4.53. The molecular weight excluding hydrogens is 232 g/mol. The van der Waals surface area contributed by atoms with Gasteiger partial charge in [0.15, 0.2) is 0 Å². The van der Waals surface area contributed by atoms with Crippen LogP contribution in [0.1, 0.15) is 32.3 Å². The summed E-state index contributed by atoms with van der Waals surface area (Å²) in [6.45, 7) is 3.42. The van der Waals surface area contributed by atoms with Gasteiger partial charge >= 0.3 is 5.97 Å². The van der Waals surface area contributed by atoms with Gasteiger partial charge in [-0.1, -0.05) is 31.5 Å². The summed E-state index contributed by atoms with van der Waals surface area (Å²) in [5, 5.41) is 19.9. The SMILES string of the molecule is CCCC(C(=O)O)C(C)(O)c1ccccc1OC. The lowest BCUT2D eigenvalue weighted by Crippen LogP contribution is -2.37. The summed E-state index contributed by atoms with van der Waals surface area (Å²) >= 11 is 0. The normalized spacial score (nSPS) is 15.8. The molecule has 1 rings (SSSR count). The zero-order chi connectivity index (χ0) is 13.8. The van der Waals surface area contributed by atoms with Crippen molar-refractivity contribution in [2.75, 3.05) is 7.11 Å². The second kappa shape index (κ2) is 5.87. The monoisotopic (exact) mass is 252 g/mol. The first kappa shape index (κ1) is 14.5. The summed E-state index contributed by atoms with van der Waals surface area (Å²) in [5.74, 6) is -1.34. The average Bonchev–Trinajstić information content (AvgIpc) is 2.35. The van der Waals surface area contributed by atoms with Crippen LogP contribution in [-0.4, -0.2) is 23.3 Å². The first-order valence-electron chi connectivity index (χ1n) is 6.03. The van der Waals surface area contributed by atoms with Gasteiger partial charge in [-0.05, 0) is 19.4 Å². The minimum absolute atomic E-state index is 0.417. The zero-order valence-electron chi connectivity index (χ0n) is 11.0. The third-order valence-corrected chi connectivity index (χ3v) is 3.21. The van der Waals surface area contributed by atoms with Gasteiger partial charge < -0.3 is 14.9 Å². The van der Waals surface area contributed by atoms with E-state index in [4.69, 9.17) is 4.74 Å². The molecule has 0 fully saturated rings. The molecule has 0 spiro atoms. The van der Waals surface area contributed by atoms with Crippen molar-refractivity contribution >= 4 is 5.97 Å². The first-order valence-corrected chi connectivity index (χ1v) is 6.03. The second-order valence-corrected chi connectivity index (χ2v) is 4.53. The number of aliphatic carboxylic acids is 1. The number of carboxylic acid groups (broad SMARTS) is 1. The number of hydrogen-bond acceptors (Lipinski definition) is 3. The van der Waals surface area contributed by atoms with Crippen LogP contribution in [-0.2, 0) is 10.4 Å². The van der Waals surface area contributed by atoms with Gasteiger partial charge in [0.05, 0.1) is 13.0 Å². The Morgan fingerprint density at radius 3 is 2.56 bits per heavy atom. The fraction of sp³-hybridized carbons (Fsp3) is 0.500. The quantitative estimate of drug-likeness (QED) is 0.816. The van der Waals surface area contributed by atoms with Gasteiger partial charge in [0.2, 0.25) is 0 Å². The summed E-state index contributed by atoms with van der Waals surface area (Å²) in [4.78, 5) is 11.3. The van der Waals surface area contributed by atoms with Crippen molar-refractivity contribution < 1.29 is 19.7 Å². The summed E-state index contributed by atoms with van der Waals surface area (Å²) in [6.07, 6.45) is 1.11. The molecule has 0 aliphatic heterocycles. The number of aliphatic hydroxyl groups is 1. The first-order chi connectivity index (χ1) is 8.45. The molecule has 0 aromatic heterocycles. The topological polar surface area (TPSA) is 66.8 Å².